The molecule has 2 aromatic rings. The zero-order chi connectivity index (χ0) is 15.2. The van der Waals surface area contributed by atoms with E-state index in [1.165, 1.54) is 0 Å². The minimum atomic E-state index is 0.604. The molecule has 2 rings (SSSR count). The summed E-state index contributed by atoms with van der Waals surface area (Å²) < 4.78 is 0.825. The summed E-state index contributed by atoms with van der Waals surface area (Å²) in [5.74, 6) is 1.36. The van der Waals surface area contributed by atoms with Crippen molar-refractivity contribution < 1.29 is 0 Å². The molecule has 1 aromatic carbocycles. The van der Waals surface area contributed by atoms with Crippen LogP contribution in [0.1, 0.15) is 12.5 Å². The van der Waals surface area contributed by atoms with Gasteiger partial charge in [-0.15, -0.1) is 0 Å². The van der Waals surface area contributed by atoms with Gasteiger partial charge in [0.2, 0.25) is 5.95 Å². The number of anilines is 2. The number of halogens is 3. The molecule has 1 heterocycles. The molecule has 0 aliphatic heterocycles. The Hall–Kier alpha value is -1.04. The first-order valence-electron chi connectivity index (χ1n) is 6.54. The van der Waals surface area contributed by atoms with Crippen LogP contribution in [0.25, 0.3) is 0 Å². The van der Waals surface area contributed by atoms with E-state index in [9.17, 15) is 0 Å². The summed E-state index contributed by atoms with van der Waals surface area (Å²) in [6, 6.07) is 5.53. The molecule has 0 amide bonds. The van der Waals surface area contributed by atoms with Crippen molar-refractivity contribution in [1.82, 2.24) is 9.97 Å². The third-order valence-corrected chi connectivity index (χ3v) is 3.95. The molecule has 0 spiro atoms. The summed E-state index contributed by atoms with van der Waals surface area (Å²) in [6.45, 7) is 3.49. The molecule has 0 unspecified atom stereocenters. The number of nitrogens with zero attached hydrogens (tertiary/aromatic N) is 2. The molecule has 0 fully saturated rings. The van der Waals surface area contributed by atoms with Gasteiger partial charge in [0.15, 0.2) is 0 Å². The number of hydrogen-bond donors (Lipinski definition) is 2. The average molecular weight is 390 g/mol. The molecule has 0 bridgehead atoms. The Labute approximate surface area is 142 Å². The molecule has 0 saturated heterocycles. The molecule has 0 aliphatic carbocycles. The Morgan fingerprint density at radius 2 is 2.05 bits per heavy atom. The second kappa shape index (κ2) is 7.82. The van der Waals surface area contributed by atoms with Gasteiger partial charge in [-0.3, -0.25) is 0 Å². The first-order valence-corrected chi connectivity index (χ1v) is 8.09. The van der Waals surface area contributed by atoms with Crippen LogP contribution in [0.4, 0.5) is 11.8 Å². The van der Waals surface area contributed by atoms with Crippen LogP contribution in [0.2, 0.25) is 10.0 Å². The Bertz CT molecular complexity index is 622. The maximum Gasteiger partial charge on any atom is 0.224 e. The summed E-state index contributed by atoms with van der Waals surface area (Å²) in [5, 5.41) is 7.68. The maximum absolute atomic E-state index is 6.15. The molecule has 7 heteroatoms. The highest BCUT2D eigenvalue weighted by Crippen LogP contribution is 2.23. The molecule has 2 N–H and O–H groups in total. The van der Waals surface area contributed by atoms with E-state index in [0.29, 0.717) is 22.5 Å². The van der Waals surface area contributed by atoms with Crippen molar-refractivity contribution in [3.05, 3.63) is 44.5 Å². The van der Waals surface area contributed by atoms with Crippen molar-refractivity contribution in [2.24, 2.45) is 0 Å². The van der Waals surface area contributed by atoms with Gasteiger partial charge in [-0.2, -0.15) is 4.98 Å². The van der Waals surface area contributed by atoms with Crippen molar-refractivity contribution >= 4 is 50.9 Å². The van der Waals surface area contributed by atoms with Crippen molar-refractivity contribution in [2.75, 3.05) is 23.7 Å². The van der Waals surface area contributed by atoms with Crippen LogP contribution in [0, 0.1) is 0 Å². The van der Waals surface area contributed by atoms with E-state index in [2.05, 4.69) is 36.5 Å². The van der Waals surface area contributed by atoms with Crippen LogP contribution in [0.15, 0.2) is 28.9 Å². The van der Waals surface area contributed by atoms with Gasteiger partial charge in [0.25, 0.3) is 0 Å². The second-order valence-corrected chi connectivity index (χ2v) is 6.03. The summed E-state index contributed by atoms with van der Waals surface area (Å²) in [7, 11) is 0. The number of rotatable bonds is 6. The monoisotopic (exact) mass is 388 g/mol. The number of benzene rings is 1. The lowest BCUT2D eigenvalue weighted by molar-refractivity contribution is 0.991. The molecule has 21 heavy (non-hydrogen) atoms. The van der Waals surface area contributed by atoms with Crippen LogP contribution >= 0.6 is 39.1 Å². The van der Waals surface area contributed by atoms with Crippen molar-refractivity contribution in [1.29, 1.82) is 0 Å². The van der Waals surface area contributed by atoms with Gasteiger partial charge in [-0.1, -0.05) is 29.3 Å². The molecule has 4 nitrogen and oxygen atoms in total. The van der Waals surface area contributed by atoms with E-state index in [0.717, 1.165) is 28.8 Å². The molecule has 0 atom stereocenters. The van der Waals surface area contributed by atoms with E-state index in [4.69, 9.17) is 23.2 Å². The van der Waals surface area contributed by atoms with Gasteiger partial charge in [0.1, 0.15) is 5.82 Å². The third-order valence-electron chi connectivity index (χ3n) is 2.78. The summed E-state index contributed by atoms with van der Waals surface area (Å²) in [5.41, 5.74) is 1.05. The molecule has 112 valence electrons. The zero-order valence-corrected chi connectivity index (χ0v) is 14.6. The normalized spacial score (nSPS) is 10.5. The van der Waals surface area contributed by atoms with Crippen LogP contribution < -0.4 is 10.6 Å². The zero-order valence-electron chi connectivity index (χ0n) is 11.5. The quantitative estimate of drug-likeness (QED) is 0.755. The van der Waals surface area contributed by atoms with E-state index < -0.39 is 0 Å². The molecule has 0 aliphatic rings. The van der Waals surface area contributed by atoms with Crippen molar-refractivity contribution in [3.63, 3.8) is 0 Å². The van der Waals surface area contributed by atoms with Gasteiger partial charge >= 0.3 is 0 Å². The van der Waals surface area contributed by atoms with Crippen LogP contribution in [-0.2, 0) is 6.42 Å². The van der Waals surface area contributed by atoms with Gasteiger partial charge < -0.3 is 10.6 Å². The Kier molecular flexibility index (Phi) is 6.08. The van der Waals surface area contributed by atoms with Crippen LogP contribution in [0.5, 0.6) is 0 Å². The van der Waals surface area contributed by atoms with Gasteiger partial charge in [0, 0.05) is 29.3 Å². The summed E-state index contributed by atoms with van der Waals surface area (Å²) in [4.78, 5) is 8.57. The Balaban J connectivity index is 1.98. The van der Waals surface area contributed by atoms with E-state index in [-0.39, 0.29) is 0 Å². The average Bonchev–Trinajstić information content (AvgIpc) is 2.45. The molecular weight excluding hydrogens is 375 g/mol. The first-order chi connectivity index (χ1) is 10.1. The fraction of sp³-hybridized carbons (Fsp3) is 0.286. The lowest BCUT2D eigenvalue weighted by atomic mass is 10.1. The highest BCUT2D eigenvalue weighted by Gasteiger charge is 2.05. The fourth-order valence-corrected chi connectivity index (χ4v) is 2.61. The molecule has 0 radical (unpaired) electrons. The highest BCUT2D eigenvalue weighted by atomic mass is 79.9. The smallest absolute Gasteiger partial charge is 0.224 e. The van der Waals surface area contributed by atoms with Gasteiger partial charge in [-0.05, 0) is 47.0 Å². The third kappa shape index (κ3) is 4.73. The number of hydrogen-bond acceptors (Lipinski definition) is 4. The molecule has 0 saturated carbocycles. The predicted octanol–water partition coefficient (Wildman–Crippen LogP) is 4.63. The van der Waals surface area contributed by atoms with E-state index >= 15 is 0 Å². The maximum atomic E-state index is 6.15. The van der Waals surface area contributed by atoms with Crippen molar-refractivity contribution in [2.45, 2.75) is 13.3 Å². The van der Waals surface area contributed by atoms with E-state index in [1.807, 2.05) is 19.1 Å². The van der Waals surface area contributed by atoms with Crippen molar-refractivity contribution in [3.8, 4) is 0 Å². The molecular formula is C14H15BrCl2N4. The second-order valence-electron chi connectivity index (χ2n) is 4.33. The SMILES string of the molecule is CCNc1ncc(Br)c(NCCc2ccc(Cl)cc2Cl)n1. The number of nitrogens with one attached hydrogen (secondary N) is 2. The summed E-state index contributed by atoms with van der Waals surface area (Å²) in [6.07, 6.45) is 2.51. The number of aromatic nitrogens is 2. The van der Waals surface area contributed by atoms with Crippen LogP contribution in [0.3, 0.4) is 0 Å². The van der Waals surface area contributed by atoms with Gasteiger partial charge in [0.05, 0.1) is 4.47 Å². The van der Waals surface area contributed by atoms with Gasteiger partial charge in [-0.25, -0.2) is 4.98 Å². The first kappa shape index (κ1) is 16.3. The largest absolute Gasteiger partial charge is 0.369 e. The minimum Gasteiger partial charge on any atom is -0.369 e. The fourth-order valence-electron chi connectivity index (χ4n) is 1.77. The predicted molar refractivity (Wildman–Crippen MR) is 92.6 cm³/mol. The lowest BCUT2D eigenvalue weighted by Crippen LogP contribution is -2.10. The van der Waals surface area contributed by atoms with Crippen LogP contribution in [-0.4, -0.2) is 23.1 Å². The topological polar surface area (TPSA) is 49.8 Å². The summed E-state index contributed by atoms with van der Waals surface area (Å²) >= 11 is 15.5. The molecule has 1 aromatic heterocycles. The standard InChI is InChI=1S/C14H15BrCl2N4/c1-2-18-14-20-8-11(15)13(21-14)19-6-5-9-3-4-10(16)7-12(9)17/h3-4,7-8H,2,5-6H2,1H3,(H2,18,19,20,21). The Morgan fingerprint density at radius 1 is 1.24 bits per heavy atom. The minimum absolute atomic E-state index is 0.604. The Morgan fingerprint density at radius 3 is 2.76 bits per heavy atom. The highest BCUT2D eigenvalue weighted by molar-refractivity contribution is 9.10. The van der Waals surface area contributed by atoms with E-state index in [1.54, 1.807) is 12.3 Å². The lowest BCUT2D eigenvalue weighted by Gasteiger charge is -2.10.